The van der Waals surface area contributed by atoms with E-state index in [4.69, 9.17) is 4.74 Å². The van der Waals surface area contributed by atoms with Crippen LogP contribution in [-0.4, -0.2) is 40.3 Å². The summed E-state index contributed by atoms with van der Waals surface area (Å²) >= 11 is 0. The van der Waals surface area contributed by atoms with Crippen LogP contribution < -0.4 is 0 Å². The highest BCUT2D eigenvalue weighted by molar-refractivity contribution is 5.92. The topological polar surface area (TPSA) is 58.3 Å². The number of hydrogen-bond donors (Lipinski definition) is 0. The van der Waals surface area contributed by atoms with Gasteiger partial charge in [0.15, 0.2) is 0 Å². The Morgan fingerprint density at radius 2 is 2.12 bits per heavy atom. The number of fused-ring (bicyclic) bond motifs is 1. The molecule has 5 heteroatoms. The van der Waals surface area contributed by atoms with Gasteiger partial charge in [-0.05, 0) is 45.2 Å². The molecule has 0 spiro atoms. The zero-order valence-corrected chi connectivity index (χ0v) is 15.6. The summed E-state index contributed by atoms with van der Waals surface area (Å²) in [5, 5.41) is 10.4. The van der Waals surface area contributed by atoms with Gasteiger partial charge in [0.2, 0.25) is 0 Å². The third-order valence-corrected chi connectivity index (χ3v) is 4.48. The van der Waals surface area contributed by atoms with E-state index in [-0.39, 0.29) is 12.1 Å². The number of benzene rings is 1. The summed E-state index contributed by atoms with van der Waals surface area (Å²) in [6.07, 6.45) is 7.29. The maximum absolute atomic E-state index is 12.6. The second-order valence-corrected chi connectivity index (χ2v) is 7.60. The first-order valence-electron chi connectivity index (χ1n) is 9.02. The van der Waals surface area contributed by atoms with E-state index in [1.807, 2.05) is 57.3 Å². The average Bonchev–Trinajstić information content (AvgIpc) is 2.98. The molecule has 0 saturated carbocycles. The minimum Gasteiger partial charge on any atom is -0.443 e. The van der Waals surface area contributed by atoms with E-state index in [2.05, 4.69) is 17.0 Å². The van der Waals surface area contributed by atoms with E-state index >= 15 is 0 Å². The van der Waals surface area contributed by atoms with Gasteiger partial charge in [-0.2, -0.15) is 5.26 Å². The first kappa shape index (κ1) is 18.2. The molecule has 1 aromatic carbocycles. The number of nitrogens with zero attached hydrogens (tertiary/aromatic N) is 3. The van der Waals surface area contributed by atoms with Crippen molar-refractivity contribution in [3.05, 3.63) is 48.2 Å². The quantitative estimate of drug-likeness (QED) is 0.781. The summed E-state index contributed by atoms with van der Waals surface area (Å²) in [4.78, 5) is 14.8. The van der Waals surface area contributed by atoms with Crippen LogP contribution >= 0.6 is 0 Å². The van der Waals surface area contributed by atoms with Gasteiger partial charge in [0.1, 0.15) is 11.6 Å². The molecule has 3 rings (SSSR count). The smallest absolute Gasteiger partial charge is 0.419 e. The fraction of sp³-hybridized carbons (Fsp3) is 0.429. The van der Waals surface area contributed by atoms with Gasteiger partial charge in [0.25, 0.3) is 0 Å². The van der Waals surface area contributed by atoms with Crippen molar-refractivity contribution in [1.82, 2.24) is 9.47 Å². The summed E-state index contributed by atoms with van der Waals surface area (Å²) < 4.78 is 7.13. The van der Waals surface area contributed by atoms with E-state index in [1.165, 1.54) is 0 Å². The molecule has 1 unspecified atom stereocenters. The molecular formula is C21H25N3O2. The van der Waals surface area contributed by atoms with Gasteiger partial charge in [-0.15, -0.1) is 0 Å². The Morgan fingerprint density at radius 1 is 1.35 bits per heavy atom. The highest BCUT2D eigenvalue weighted by Crippen LogP contribution is 2.24. The zero-order valence-electron chi connectivity index (χ0n) is 15.6. The average molecular weight is 351 g/mol. The molecule has 0 N–H and O–H groups in total. The van der Waals surface area contributed by atoms with Crippen LogP contribution in [-0.2, 0) is 11.2 Å². The highest BCUT2D eigenvalue weighted by atomic mass is 16.6. The molecule has 1 aromatic heterocycles. The van der Waals surface area contributed by atoms with Gasteiger partial charge in [0, 0.05) is 24.7 Å². The van der Waals surface area contributed by atoms with Crippen molar-refractivity contribution < 1.29 is 9.53 Å². The zero-order chi connectivity index (χ0) is 18.7. The van der Waals surface area contributed by atoms with Crippen molar-refractivity contribution in [2.75, 3.05) is 13.1 Å². The molecule has 0 radical (unpaired) electrons. The normalized spacial score (nSPS) is 18.0. The van der Waals surface area contributed by atoms with Crippen molar-refractivity contribution in [3.8, 4) is 6.07 Å². The standard InChI is InChI=1S/C21H25N3O2/c1-21(2,3)26-20(25)24-15-16(18-9-4-5-10-19(18)24)11-13-23-12-7-6-8-17(23)14-22/h4-6,8-10,15,17H,7,11-13H2,1-3H3. The SMILES string of the molecule is CC(C)(C)OC(=O)n1cc(CCN2CCC=CC2C#N)c2ccccc21. The monoisotopic (exact) mass is 351 g/mol. The van der Waals surface area contributed by atoms with Crippen LogP contribution in [0, 0.1) is 11.3 Å². The van der Waals surface area contributed by atoms with Crippen molar-refractivity contribution in [2.45, 2.75) is 45.3 Å². The van der Waals surface area contributed by atoms with Crippen molar-refractivity contribution in [2.24, 2.45) is 0 Å². The van der Waals surface area contributed by atoms with Gasteiger partial charge in [-0.1, -0.05) is 30.4 Å². The number of rotatable bonds is 3. The number of hydrogen-bond acceptors (Lipinski definition) is 4. The molecule has 0 amide bonds. The van der Waals surface area contributed by atoms with Crippen LogP contribution in [0.4, 0.5) is 4.79 Å². The Hall–Kier alpha value is -2.58. The van der Waals surface area contributed by atoms with Gasteiger partial charge in [0.05, 0.1) is 11.6 Å². The molecule has 1 aliphatic heterocycles. The summed E-state index contributed by atoms with van der Waals surface area (Å²) in [6, 6.07) is 10.0. The Labute approximate surface area is 154 Å². The summed E-state index contributed by atoms with van der Waals surface area (Å²) in [6.45, 7) is 7.26. The fourth-order valence-corrected chi connectivity index (χ4v) is 3.28. The Bertz CT molecular complexity index is 867. The number of aromatic nitrogens is 1. The molecule has 2 heterocycles. The largest absolute Gasteiger partial charge is 0.443 e. The Balaban J connectivity index is 1.84. The predicted octanol–water partition coefficient (Wildman–Crippen LogP) is 4.12. The lowest BCUT2D eigenvalue weighted by Gasteiger charge is -2.27. The lowest BCUT2D eigenvalue weighted by atomic mass is 10.1. The van der Waals surface area contributed by atoms with E-state index in [0.29, 0.717) is 0 Å². The maximum Gasteiger partial charge on any atom is 0.419 e. The maximum atomic E-state index is 12.6. The molecule has 0 saturated heterocycles. The van der Waals surface area contributed by atoms with Gasteiger partial charge in [-0.3, -0.25) is 9.47 Å². The highest BCUT2D eigenvalue weighted by Gasteiger charge is 2.22. The number of carbonyl (C=O) groups is 1. The number of ether oxygens (including phenoxy) is 1. The van der Waals surface area contributed by atoms with E-state index in [1.54, 1.807) is 4.57 Å². The molecule has 1 atom stereocenters. The van der Waals surface area contributed by atoms with Gasteiger partial charge >= 0.3 is 6.09 Å². The van der Waals surface area contributed by atoms with Gasteiger partial charge < -0.3 is 4.74 Å². The molecular weight excluding hydrogens is 326 g/mol. The Kier molecular flexibility index (Phi) is 5.15. The molecule has 2 aromatic rings. The molecule has 136 valence electrons. The van der Waals surface area contributed by atoms with Crippen LogP contribution in [0.2, 0.25) is 0 Å². The summed E-state index contributed by atoms with van der Waals surface area (Å²) in [7, 11) is 0. The van der Waals surface area contributed by atoms with Crippen LogP contribution in [0.15, 0.2) is 42.6 Å². The van der Waals surface area contributed by atoms with E-state index < -0.39 is 5.60 Å². The lowest BCUT2D eigenvalue weighted by Crippen LogP contribution is -2.37. The summed E-state index contributed by atoms with van der Waals surface area (Å²) in [5.41, 5.74) is 1.41. The minimum absolute atomic E-state index is 0.164. The van der Waals surface area contributed by atoms with Crippen LogP contribution in [0.3, 0.4) is 0 Å². The molecule has 5 nitrogen and oxygen atoms in total. The second-order valence-electron chi connectivity index (χ2n) is 7.60. The van der Waals surface area contributed by atoms with Crippen molar-refractivity contribution in [3.63, 3.8) is 0 Å². The number of nitriles is 1. The number of carbonyl (C=O) groups excluding carboxylic acids is 1. The fourth-order valence-electron chi connectivity index (χ4n) is 3.28. The third kappa shape index (κ3) is 3.97. The van der Waals surface area contributed by atoms with Crippen molar-refractivity contribution >= 4 is 17.0 Å². The molecule has 0 fully saturated rings. The van der Waals surface area contributed by atoms with Crippen LogP contribution in [0.1, 0.15) is 32.8 Å². The van der Waals surface area contributed by atoms with Crippen molar-refractivity contribution in [1.29, 1.82) is 5.26 Å². The first-order chi connectivity index (χ1) is 12.4. The van der Waals surface area contributed by atoms with Crippen LogP contribution in [0.5, 0.6) is 0 Å². The molecule has 1 aliphatic rings. The van der Waals surface area contributed by atoms with Gasteiger partial charge in [-0.25, -0.2) is 4.79 Å². The third-order valence-electron chi connectivity index (χ3n) is 4.48. The molecule has 26 heavy (non-hydrogen) atoms. The summed E-state index contributed by atoms with van der Waals surface area (Å²) in [5.74, 6) is 0. The Morgan fingerprint density at radius 3 is 2.85 bits per heavy atom. The molecule has 0 bridgehead atoms. The first-order valence-corrected chi connectivity index (χ1v) is 9.02. The van der Waals surface area contributed by atoms with Crippen LogP contribution in [0.25, 0.3) is 10.9 Å². The van der Waals surface area contributed by atoms with E-state index in [0.717, 1.165) is 42.4 Å². The minimum atomic E-state index is -0.539. The van der Waals surface area contributed by atoms with E-state index in [9.17, 15) is 10.1 Å². The molecule has 0 aliphatic carbocycles. The number of para-hydroxylation sites is 1. The predicted molar refractivity (Wildman–Crippen MR) is 102 cm³/mol. The lowest BCUT2D eigenvalue weighted by molar-refractivity contribution is 0.0544. The second kappa shape index (κ2) is 7.35.